The fourth-order valence-corrected chi connectivity index (χ4v) is 2.93. The highest BCUT2D eigenvalue weighted by atomic mass is 16.1. The van der Waals surface area contributed by atoms with Crippen LogP contribution in [0, 0.1) is 5.92 Å². The van der Waals surface area contributed by atoms with Crippen molar-refractivity contribution in [1.82, 2.24) is 10.2 Å². The van der Waals surface area contributed by atoms with Crippen molar-refractivity contribution in [3.63, 3.8) is 0 Å². The molecule has 1 atom stereocenters. The Balaban J connectivity index is 2.23. The molecule has 1 fully saturated rings. The Labute approximate surface area is 127 Å². The van der Waals surface area contributed by atoms with Crippen LogP contribution in [0.4, 0.5) is 0 Å². The van der Waals surface area contributed by atoms with Gasteiger partial charge >= 0.3 is 0 Å². The van der Waals surface area contributed by atoms with Crippen molar-refractivity contribution in [2.24, 2.45) is 11.7 Å². The van der Waals surface area contributed by atoms with Gasteiger partial charge in [-0.1, -0.05) is 37.3 Å². The summed E-state index contributed by atoms with van der Waals surface area (Å²) in [6, 6.07) is 9.81. The number of nitrogens with two attached hydrogens (primary N) is 1. The molecule has 3 N–H and O–H groups in total. The lowest BCUT2D eigenvalue weighted by Crippen LogP contribution is -2.58. The number of nitrogens with one attached hydrogen (secondary N) is 1. The normalized spacial score (nSPS) is 17.7. The third-order valence-corrected chi connectivity index (χ3v) is 4.33. The lowest BCUT2D eigenvalue weighted by molar-refractivity contribution is -0.125. The summed E-state index contributed by atoms with van der Waals surface area (Å²) in [5, 5.41) is 3.20. The zero-order valence-electron chi connectivity index (χ0n) is 13.1. The van der Waals surface area contributed by atoms with Crippen LogP contribution in [-0.2, 0) is 10.3 Å². The van der Waals surface area contributed by atoms with Crippen LogP contribution in [0.3, 0.4) is 0 Å². The maximum atomic E-state index is 12.2. The van der Waals surface area contributed by atoms with Crippen LogP contribution in [-0.4, -0.2) is 37.5 Å². The first-order valence-corrected chi connectivity index (χ1v) is 7.89. The molecule has 0 aromatic heterocycles. The number of carbonyl (C=O) groups is 1. The molecule has 0 aliphatic heterocycles. The Morgan fingerprint density at radius 1 is 1.38 bits per heavy atom. The van der Waals surface area contributed by atoms with Crippen molar-refractivity contribution in [3.05, 3.63) is 35.9 Å². The number of likely N-dealkylation sites (N-methyl/N-ethyl adjacent to an activating group) is 1. The van der Waals surface area contributed by atoms with Crippen LogP contribution in [0.2, 0.25) is 0 Å². The first-order chi connectivity index (χ1) is 10.1. The molecule has 2 rings (SSSR count). The molecule has 21 heavy (non-hydrogen) atoms. The summed E-state index contributed by atoms with van der Waals surface area (Å²) in [6.07, 6.45) is 3.71. The number of rotatable bonds is 9. The molecular weight excluding hydrogens is 262 g/mol. The van der Waals surface area contributed by atoms with E-state index in [2.05, 4.69) is 17.1 Å². The van der Waals surface area contributed by atoms with E-state index in [0.717, 1.165) is 31.0 Å². The van der Waals surface area contributed by atoms with E-state index in [1.165, 1.54) is 12.8 Å². The van der Waals surface area contributed by atoms with Crippen molar-refractivity contribution in [2.45, 2.75) is 31.7 Å². The molecule has 0 bridgehead atoms. The molecule has 1 amide bonds. The summed E-state index contributed by atoms with van der Waals surface area (Å²) in [5.41, 5.74) is 5.90. The van der Waals surface area contributed by atoms with Gasteiger partial charge < -0.3 is 16.0 Å². The van der Waals surface area contributed by atoms with Gasteiger partial charge in [-0.15, -0.1) is 0 Å². The van der Waals surface area contributed by atoms with Crippen LogP contribution >= 0.6 is 0 Å². The first kappa shape index (κ1) is 16.0. The van der Waals surface area contributed by atoms with Gasteiger partial charge in [0, 0.05) is 13.1 Å². The predicted octanol–water partition coefficient (Wildman–Crippen LogP) is 1.71. The monoisotopic (exact) mass is 289 g/mol. The minimum absolute atomic E-state index is 0.312. The minimum Gasteiger partial charge on any atom is -0.368 e. The van der Waals surface area contributed by atoms with Crippen LogP contribution < -0.4 is 11.1 Å². The van der Waals surface area contributed by atoms with E-state index >= 15 is 0 Å². The van der Waals surface area contributed by atoms with E-state index in [1.54, 1.807) is 0 Å². The Bertz CT molecular complexity index is 458. The maximum Gasteiger partial charge on any atom is 0.243 e. The van der Waals surface area contributed by atoms with Gasteiger partial charge in [0.05, 0.1) is 0 Å². The van der Waals surface area contributed by atoms with Gasteiger partial charge in [-0.3, -0.25) is 4.79 Å². The Morgan fingerprint density at radius 2 is 2.05 bits per heavy atom. The molecule has 1 saturated carbocycles. The fraction of sp³-hybridized carbons (Fsp3) is 0.588. The fourth-order valence-electron chi connectivity index (χ4n) is 2.93. The molecule has 1 unspecified atom stereocenters. The van der Waals surface area contributed by atoms with Gasteiger partial charge in [-0.2, -0.15) is 0 Å². The molecule has 116 valence electrons. The molecule has 4 heteroatoms. The standard InChI is InChI=1S/C17H27N3O/c1-3-11-20(12-14-9-10-14)13-17(19-2,16(18)21)15-7-5-4-6-8-15/h4-8,14,19H,3,9-13H2,1-2H3,(H2,18,21). The molecule has 0 spiro atoms. The number of hydrogen-bond donors (Lipinski definition) is 2. The molecule has 1 aliphatic carbocycles. The lowest BCUT2D eigenvalue weighted by Gasteiger charge is -2.36. The van der Waals surface area contributed by atoms with Crippen molar-refractivity contribution >= 4 is 5.91 Å². The van der Waals surface area contributed by atoms with Gasteiger partial charge in [0.1, 0.15) is 5.54 Å². The molecule has 0 saturated heterocycles. The number of nitrogens with zero attached hydrogens (tertiary/aromatic N) is 1. The highest BCUT2D eigenvalue weighted by Crippen LogP contribution is 2.31. The van der Waals surface area contributed by atoms with Crippen molar-refractivity contribution in [3.8, 4) is 0 Å². The predicted molar refractivity (Wildman–Crippen MR) is 85.8 cm³/mol. The topological polar surface area (TPSA) is 58.4 Å². The molecule has 4 nitrogen and oxygen atoms in total. The molecule has 0 radical (unpaired) electrons. The number of hydrogen-bond acceptors (Lipinski definition) is 3. The number of carbonyl (C=O) groups excluding carboxylic acids is 1. The lowest BCUT2D eigenvalue weighted by atomic mass is 9.88. The van der Waals surface area contributed by atoms with Crippen LogP contribution in [0.15, 0.2) is 30.3 Å². The van der Waals surface area contributed by atoms with Crippen molar-refractivity contribution in [1.29, 1.82) is 0 Å². The minimum atomic E-state index is -0.814. The van der Waals surface area contributed by atoms with E-state index in [9.17, 15) is 4.79 Å². The number of primary amides is 1. The molecule has 1 aromatic carbocycles. The van der Waals surface area contributed by atoms with Gasteiger partial charge in [-0.25, -0.2) is 0 Å². The molecule has 1 aromatic rings. The number of benzene rings is 1. The second-order valence-corrected chi connectivity index (χ2v) is 6.06. The van der Waals surface area contributed by atoms with Gasteiger partial charge in [0.2, 0.25) is 5.91 Å². The summed E-state index contributed by atoms with van der Waals surface area (Å²) < 4.78 is 0. The molecule has 0 heterocycles. The summed E-state index contributed by atoms with van der Waals surface area (Å²) in [6.45, 7) is 4.87. The van der Waals surface area contributed by atoms with Crippen LogP contribution in [0.25, 0.3) is 0 Å². The van der Waals surface area contributed by atoms with Gasteiger partial charge in [0.25, 0.3) is 0 Å². The largest absolute Gasteiger partial charge is 0.368 e. The summed E-state index contributed by atoms with van der Waals surface area (Å²) in [5.74, 6) is 0.489. The number of amides is 1. The van der Waals surface area contributed by atoms with E-state index in [-0.39, 0.29) is 5.91 Å². The third-order valence-electron chi connectivity index (χ3n) is 4.33. The van der Waals surface area contributed by atoms with E-state index in [4.69, 9.17) is 5.73 Å². The molecule has 1 aliphatic rings. The highest BCUT2D eigenvalue weighted by Gasteiger charge is 2.39. The third kappa shape index (κ3) is 3.83. The second-order valence-electron chi connectivity index (χ2n) is 6.06. The maximum absolute atomic E-state index is 12.2. The Morgan fingerprint density at radius 3 is 2.52 bits per heavy atom. The van der Waals surface area contributed by atoms with E-state index in [0.29, 0.717) is 6.54 Å². The smallest absolute Gasteiger partial charge is 0.243 e. The average Bonchev–Trinajstić information content (AvgIpc) is 3.29. The van der Waals surface area contributed by atoms with Gasteiger partial charge in [0.15, 0.2) is 0 Å². The zero-order chi connectivity index (χ0) is 15.3. The summed E-state index contributed by atoms with van der Waals surface area (Å²) in [7, 11) is 1.82. The van der Waals surface area contributed by atoms with E-state index in [1.807, 2.05) is 37.4 Å². The van der Waals surface area contributed by atoms with E-state index < -0.39 is 5.54 Å². The highest BCUT2D eigenvalue weighted by molar-refractivity contribution is 5.86. The quantitative estimate of drug-likeness (QED) is 0.727. The van der Waals surface area contributed by atoms with Gasteiger partial charge in [-0.05, 0) is 44.3 Å². The average molecular weight is 289 g/mol. The van der Waals surface area contributed by atoms with Crippen LogP contribution in [0.1, 0.15) is 31.7 Å². The van der Waals surface area contributed by atoms with Crippen LogP contribution in [0.5, 0.6) is 0 Å². The summed E-state index contributed by atoms with van der Waals surface area (Å²) >= 11 is 0. The second kappa shape index (κ2) is 7.05. The first-order valence-electron chi connectivity index (χ1n) is 7.89. The Hall–Kier alpha value is -1.39. The van der Waals surface area contributed by atoms with Crippen molar-refractivity contribution < 1.29 is 4.79 Å². The summed E-state index contributed by atoms with van der Waals surface area (Å²) in [4.78, 5) is 14.6. The SMILES string of the molecule is CCCN(CC1CC1)CC(NC)(C(N)=O)c1ccccc1. The zero-order valence-corrected chi connectivity index (χ0v) is 13.1. The van der Waals surface area contributed by atoms with Crippen molar-refractivity contribution in [2.75, 3.05) is 26.7 Å². The Kier molecular flexibility index (Phi) is 5.37. The molecular formula is C17H27N3O.